The molecule has 136 valence electrons. The van der Waals surface area contributed by atoms with Gasteiger partial charge >= 0.3 is 11.9 Å². The van der Waals surface area contributed by atoms with Gasteiger partial charge in [-0.05, 0) is 30.3 Å². The summed E-state index contributed by atoms with van der Waals surface area (Å²) in [5.74, 6) is 0. The first-order chi connectivity index (χ1) is 12.9. The smallest absolute Gasteiger partial charge is 0.355 e. The molecule has 6 nitrogen and oxygen atoms in total. The molecule has 9 heteroatoms. The molecule has 0 amide bonds. The van der Waals surface area contributed by atoms with E-state index in [-0.39, 0.29) is 5.69 Å². The summed E-state index contributed by atoms with van der Waals surface area (Å²) in [6.07, 6.45) is -3.01. The average molecular weight is 371 g/mol. The first kappa shape index (κ1) is 16.8. The van der Waals surface area contributed by atoms with Gasteiger partial charge in [0.2, 0.25) is 0 Å². The maximum atomic E-state index is 12.7. The molecular weight excluding hydrogens is 359 g/mol. The molecule has 2 N–H and O–H groups in total. The predicted octanol–water partition coefficient (Wildman–Crippen LogP) is 3.85. The average Bonchev–Trinajstić information content (AvgIpc) is 3.02. The Hall–Kier alpha value is -3.62. The van der Waals surface area contributed by atoms with Crippen molar-refractivity contribution >= 4 is 17.0 Å². The van der Waals surface area contributed by atoms with Gasteiger partial charge in [-0.3, -0.25) is 0 Å². The van der Waals surface area contributed by atoms with Crippen LogP contribution in [0.15, 0.2) is 65.7 Å². The molecular formula is C18H12F3N5O. The molecule has 0 unspecified atom stereocenters. The Morgan fingerprint density at radius 1 is 1.04 bits per heavy atom. The Kier molecular flexibility index (Phi) is 3.91. The number of nitrogens with zero attached hydrogens (tertiary/aromatic N) is 3. The molecule has 0 saturated heterocycles. The summed E-state index contributed by atoms with van der Waals surface area (Å²) in [6, 6.07) is 13.6. The standard InChI is InChI=1S/C18H12F3N5O/c19-18(20,21)11-5-7-12(8-6-11)23-14-4-2-1-3-13(14)15-9-16-24-25-17(27)26(16)10-22-15/h1-10,23H,(H,25,27). The second kappa shape index (κ2) is 6.27. The van der Waals surface area contributed by atoms with E-state index in [0.717, 1.165) is 17.7 Å². The van der Waals surface area contributed by atoms with Crippen LogP contribution in [0.4, 0.5) is 24.5 Å². The van der Waals surface area contributed by atoms with E-state index in [9.17, 15) is 18.0 Å². The van der Waals surface area contributed by atoms with Crippen molar-refractivity contribution in [3.63, 3.8) is 0 Å². The number of rotatable bonds is 3. The van der Waals surface area contributed by atoms with Crippen molar-refractivity contribution in [2.75, 3.05) is 5.32 Å². The number of H-pyrrole nitrogens is 1. The molecule has 2 heterocycles. The topological polar surface area (TPSA) is 75.1 Å². The Labute approximate surface area is 150 Å². The molecule has 0 aliphatic heterocycles. The Bertz CT molecular complexity index is 1160. The lowest BCUT2D eigenvalue weighted by atomic mass is 10.1. The molecule has 27 heavy (non-hydrogen) atoms. The number of anilines is 2. The van der Waals surface area contributed by atoms with Crippen LogP contribution < -0.4 is 11.0 Å². The normalized spacial score (nSPS) is 11.7. The maximum absolute atomic E-state index is 12.7. The molecule has 0 aliphatic rings. The zero-order valence-corrected chi connectivity index (χ0v) is 13.7. The molecule has 0 radical (unpaired) electrons. The molecule has 0 aliphatic carbocycles. The van der Waals surface area contributed by atoms with Gasteiger partial charge in [0.1, 0.15) is 6.33 Å². The van der Waals surface area contributed by atoms with Crippen molar-refractivity contribution in [1.82, 2.24) is 19.6 Å². The number of fused-ring (bicyclic) bond motifs is 1. The van der Waals surface area contributed by atoms with Gasteiger partial charge in [-0.15, -0.1) is 0 Å². The minimum atomic E-state index is -4.38. The second-order valence-corrected chi connectivity index (χ2v) is 5.78. The molecule has 4 aromatic rings. The number of aromatic nitrogens is 4. The fourth-order valence-corrected chi connectivity index (χ4v) is 2.67. The summed E-state index contributed by atoms with van der Waals surface area (Å²) in [7, 11) is 0. The molecule has 0 fully saturated rings. The fourth-order valence-electron chi connectivity index (χ4n) is 2.67. The van der Waals surface area contributed by atoms with Gasteiger partial charge in [-0.1, -0.05) is 18.2 Å². The summed E-state index contributed by atoms with van der Waals surface area (Å²) in [4.78, 5) is 15.8. The molecule has 0 bridgehead atoms. The van der Waals surface area contributed by atoms with Crippen LogP contribution >= 0.6 is 0 Å². The van der Waals surface area contributed by atoms with Crippen molar-refractivity contribution in [2.45, 2.75) is 6.18 Å². The van der Waals surface area contributed by atoms with Gasteiger partial charge in [-0.25, -0.2) is 19.3 Å². The van der Waals surface area contributed by atoms with Crippen LogP contribution in [0.25, 0.3) is 16.9 Å². The van der Waals surface area contributed by atoms with Gasteiger partial charge in [0.15, 0.2) is 5.65 Å². The van der Waals surface area contributed by atoms with Crippen LogP contribution in [-0.4, -0.2) is 19.6 Å². The van der Waals surface area contributed by atoms with E-state index < -0.39 is 11.7 Å². The summed E-state index contributed by atoms with van der Waals surface area (Å²) in [5, 5.41) is 9.35. The van der Waals surface area contributed by atoms with Crippen LogP contribution in [0, 0.1) is 0 Å². The van der Waals surface area contributed by atoms with E-state index in [1.54, 1.807) is 18.2 Å². The van der Waals surface area contributed by atoms with Crippen molar-refractivity contribution in [2.24, 2.45) is 0 Å². The number of benzene rings is 2. The molecule has 0 saturated carbocycles. The summed E-state index contributed by atoms with van der Waals surface area (Å²) in [6.45, 7) is 0. The van der Waals surface area contributed by atoms with Crippen LogP contribution in [0.3, 0.4) is 0 Å². The van der Waals surface area contributed by atoms with E-state index in [2.05, 4.69) is 20.5 Å². The lowest BCUT2D eigenvalue weighted by molar-refractivity contribution is -0.137. The first-order valence-electron chi connectivity index (χ1n) is 7.88. The highest BCUT2D eigenvalue weighted by Gasteiger charge is 2.29. The first-order valence-corrected chi connectivity index (χ1v) is 7.88. The lowest BCUT2D eigenvalue weighted by Gasteiger charge is -2.13. The number of aromatic amines is 1. The zero-order valence-electron chi connectivity index (χ0n) is 13.7. The number of hydrogen-bond donors (Lipinski definition) is 2. The van der Waals surface area contributed by atoms with Gasteiger partial charge in [0, 0.05) is 23.0 Å². The highest BCUT2D eigenvalue weighted by molar-refractivity contribution is 5.80. The third kappa shape index (κ3) is 3.26. The van der Waals surface area contributed by atoms with Crippen LogP contribution in [-0.2, 0) is 6.18 Å². The largest absolute Gasteiger partial charge is 0.416 e. The van der Waals surface area contributed by atoms with Gasteiger partial charge in [0.05, 0.1) is 11.3 Å². The SMILES string of the molecule is O=c1[nH]nc2cc(-c3ccccc3Nc3ccc(C(F)(F)F)cc3)ncn12. The zero-order chi connectivity index (χ0) is 19.0. The fraction of sp³-hybridized carbons (Fsp3) is 0.0556. The van der Waals surface area contributed by atoms with Crippen LogP contribution in [0.1, 0.15) is 5.56 Å². The number of halogens is 3. The number of alkyl halides is 3. The molecule has 2 aromatic heterocycles. The molecule has 0 atom stereocenters. The number of hydrogen-bond acceptors (Lipinski definition) is 4. The summed E-state index contributed by atoms with van der Waals surface area (Å²) >= 11 is 0. The summed E-state index contributed by atoms with van der Waals surface area (Å²) < 4.78 is 39.4. The highest BCUT2D eigenvalue weighted by Crippen LogP contribution is 2.32. The second-order valence-electron chi connectivity index (χ2n) is 5.78. The van der Waals surface area contributed by atoms with Crippen molar-refractivity contribution in [1.29, 1.82) is 0 Å². The van der Waals surface area contributed by atoms with E-state index >= 15 is 0 Å². The van der Waals surface area contributed by atoms with Gasteiger partial charge in [0.25, 0.3) is 0 Å². The number of nitrogens with one attached hydrogen (secondary N) is 2. The monoisotopic (exact) mass is 371 g/mol. The Morgan fingerprint density at radius 2 is 1.78 bits per heavy atom. The minimum Gasteiger partial charge on any atom is -0.355 e. The van der Waals surface area contributed by atoms with Crippen LogP contribution in [0.5, 0.6) is 0 Å². The third-order valence-corrected chi connectivity index (χ3v) is 4.00. The van der Waals surface area contributed by atoms with Gasteiger partial charge in [-0.2, -0.15) is 18.3 Å². The predicted molar refractivity (Wildman–Crippen MR) is 93.8 cm³/mol. The Balaban J connectivity index is 1.69. The van der Waals surface area contributed by atoms with E-state index in [4.69, 9.17) is 0 Å². The highest BCUT2D eigenvalue weighted by atomic mass is 19.4. The maximum Gasteiger partial charge on any atom is 0.416 e. The Morgan fingerprint density at radius 3 is 2.52 bits per heavy atom. The van der Waals surface area contributed by atoms with Crippen molar-refractivity contribution in [3.8, 4) is 11.3 Å². The van der Waals surface area contributed by atoms with E-state index in [1.165, 1.54) is 22.9 Å². The molecule has 4 rings (SSSR count). The number of para-hydroxylation sites is 1. The third-order valence-electron chi connectivity index (χ3n) is 4.00. The van der Waals surface area contributed by atoms with E-state index in [0.29, 0.717) is 22.7 Å². The molecule has 2 aromatic carbocycles. The molecule has 0 spiro atoms. The van der Waals surface area contributed by atoms with Gasteiger partial charge < -0.3 is 5.32 Å². The lowest BCUT2D eigenvalue weighted by Crippen LogP contribution is -2.09. The minimum absolute atomic E-state index is 0.389. The summed E-state index contributed by atoms with van der Waals surface area (Å²) in [5.41, 5.74) is 1.76. The quantitative estimate of drug-likeness (QED) is 0.574. The van der Waals surface area contributed by atoms with Crippen molar-refractivity contribution in [3.05, 3.63) is 77.0 Å². The van der Waals surface area contributed by atoms with Crippen LogP contribution in [0.2, 0.25) is 0 Å². The van der Waals surface area contributed by atoms with E-state index in [1.807, 2.05) is 12.1 Å². The van der Waals surface area contributed by atoms with Crippen molar-refractivity contribution < 1.29 is 13.2 Å².